The van der Waals surface area contributed by atoms with Crippen molar-refractivity contribution in [3.63, 3.8) is 0 Å². The summed E-state index contributed by atoms with van der Waals surface area (Å²) in [6, 6.07) is 2.15. The highest BCUT2D eigenvalue weighted by molar-refractivity contribution is 9.13. The predicted molar refractivity (Wildman–Crippen MR) is 70.4 cm³/mol. The zero-order chi connectivity index (χ0) is 10.1. The molecule has 0 N–H and O–H groups in total. The number of ether oxygens (including phenoxy) is 1. The van der Waals surface area contributed by atoms with Crippen LogP contribution in [0.15, 0.2) is 14.3 Å². The van der Waals surface area contributed by atoms with Crippen molar-refractivity contribution >= 4 is 59.1 Å². The molecule has 78 valence electrons. The normalized spacial score (nSPS) is 27.1. The first-order valence-corrected chi connectivity index (χ1v) is 7.89. The van der Waals surface area contributed by atoms with Crippen LogP contribution in [0.5, 0.6) is 0 Å². The van der Waals surface area contributed by atoms with Gasteiger partial charge in [0.1, 0.15) is 0 Å². The smallest absolute Gasteiger partial charge is 0.0922 e. The van der Waals surface area contributed by atoms with Crippen molar-refractivity contribution in [1.29, 1.82) is 0 Å². The number of hydrogen-bond acceptors (Lipinski definition) is 2. The lowest BCUT2D eigenvalue weighted by Crippen LogP contribution is -2.06. The van der Waals surface area contributed by atoms with Gasteiger partial charge in [-0.15, -0.1) is 11.3 Å². The number of halogens is 3. The van der Waals surface area contributed by atoms with E-state index >= 15 is 0 Å². The van der Waals surface area contributed by atoms with Gasteiger partial charge in [-0.05, 0) is 50.8 Å². The molecule has 0 aliphatic carbocycles. The fraction of sp³-hybridized carbons (Fsp3) is 0.556. The third-order valence-corrected chi connectivity index (χ3v) is 6.33. The maximum Gasteiger partial charge on any atom is 0.0922 e. The van der Waals surface area contributed by atoms with Crippen molar-refractivity contribution in [2.75, 3.05) is 5.33 Å². The van der Waals surface area contributed by atoms with Gasteiger partial charge in [0, 0.05) is 14.7 Å². The standard InChI is InChI=1S/C9H9Br3OS/c10-4-5-1-2-7(13-5)8-3-6(11)9(12)14-8/h3,5,7H,1-2,4H2. The van der Waals surface area contributed by atoms with E-state index < -0.39 is 0 Å². The predicted octanol–water partition coefficient (Wildman–Crippen LogP) is 4.89. The summed E-state index contributed by atoms with van der Waals surface area (Å²) in [7, 11) is 0. The van der Waals surface area contributed by atoms with Crippen LogP contribution in [-0.4, -0.2) is 11.4 Å². The van der Waals surface area contributed by atoms with Crippen molar-refractivity contribution in [1.82, 2.24) is 0 Å². The van der Waals surface area contributed by atoms with Crippen molar-refractivity contribution in [2.45, 2.75) is 25.0 Å². The molecule has 0 saturated carbocycles. The number of thiophene rings is 1. The van der Waals surface area contributed by atoms with Gasteiger partial charge in [-0.3, -0.25) is 0 Å². The Morgan fingerprint density at radius 2 is 2.21 bits per heavy atom. The van der Waals surface area contributed by atoms with Gasteiger partial charge >= 0.3 is 0 Å². The van der Waals surface area contributed by atoms with E-state index in [4.69, 9.17) is 4.74 Å². The largest absolute Gasteiger partial charge is 0.369 e. The van der Waals surface area contributed by atoms with Gasteiger partial charge in [-0.2, -0.15) is 0 Å². The fourth-order valence-corrected chi connectivity index (χ4v) is 4.19. The van der Waals surface area contributed by atoms with E-state index in [0.717, 1.165) is 26.4 Å². The minimum absolute atomic E-state index is 0.296. The molecule has 0 spiro atoms. The highest BCUT2D eigenvalue weighted by Crippen LogP contribution is 2.41. The van der Waals surface area contributed by atoms with Crippen LogP contribution in [0.3, 0.4) is 0 Å². The molecule has 1 nitrogen and oxygen atoms in total. The van der Waals surface area contributed by atoms with Crippen molar-refractivity contribution in [2.24, 2.45) is 0 Å². The highest BCUT2D eigenvalue weighted by atomic mass is 79.9. The van der Waals surface area contributed by atoms with E-state index in [1.807, 2.05) is 0 Å². The summed E-state index contributed by atoms with van der Waals surface area (Å²) < 4.78 is 8.17. The monoisotopic (exact) mass is 402 g/mol. The van der Waals surface area contributed by atoms with Gasteiger partial charge in [0.15, 0.2) is 0 Å². The minimum Gasteiger partial charge on any atom is -0.369 e. The zero-order valence-electron chi connectivity index (χ0n) is 7.30. The summed E-state index contributed by atoms with van der Waals surface area (Å²) in [4.78, 5) is 1.31. The van der Waals surface area contributed by atoms with E-state index in [2.05, 4.69) is 53.9 Å². The maximum atomic E-state index is 5.89. The molecule has 1 fully saturated rings. The Kier molecular flexibility index (Phi) is 4.10. The Morgan fingerprint density at radius 1 is 1.43 bits per heavy atom. The lowest BCUT2D eigenvalue weighted by molar-refractivity contribution is 0.0609. The zero-order valence-corrected chi connectivity index (χ0v) is 12.9. The topological polar surface area (TPSA) is 9.23 Å². The van der Waals surface area contributed by atoms with E-state index in [1.54, 1.807) is 11.3 Å². The Balaban J connectivity index is 2.09. The van der Waals surface area contributed by atoms with Gasteiger partial charge in [-0.1, -0.05) is 15.9 Å². The summed E-state index contributed by atoms with van der Waals surface area (Å²) in [6.45, 7) is 0. The second kappa shape index (κ2) is 4.95. The molecule has 1 aromatic rings. The molecule has 5 heteroatoms. The van der Waals surface area contributed by atoms with Crippen LogP contribution in [0.25, 0.3) is 0 Å². The first-order chi connectivity index (χ1) is 6.70. The van der Waals surface area contributed by atoms with Crippen LogP contribution >= 0.6 is 59.1 Å². The molecular formula is C9H9Br3OS. The van der Waals surface area contributed by atoms with Crippen LogP contribution < -0.4 is 0 Å². The van der Waals surface area contributed by atoms with Gasteiger partial charge in [0.2, 0.25) is 0 Å². The van der Waals surface area contributed by atoms with E-state index in [9.17, 15) is 0 Å². The molecule has 0 aromatic carbocycles. The van der Waals surface area contributed by atoms with Crippen LogP contribution in [0, 0.1) is 0 Å². The lowest BCUT2D eigenvalue weighted by atomic mass is 10.2. The summed E-state index contributed by atoms with van der Waals surface area (Å²) >= 11 is 12.2. The minimum atomic E-state index is 0.296. The molecule has 1 aromatic heterocycles. The molecule has 0 amide bonds. The molecule has 0 radical (unpaired) electrons. The SMILES string of the molecule is BrCC1CCC(c2cc(Br)c(Br)s2)O1. The van der Waals surface area contributed by atoms with Crippen molar-refractivity contribution in [3.05, 3.63) is 19.2 Å². The summed E-state index contributed by atoms with van der Waals surface area (Å²) in [6.07, 6.45) is 2.98. The molecular weight excluding hydrogens is 396 g/mol. The molecule has 1 saturated heterocycles. The second-order valence-electron chi connectivity index (χ2n) is 3.25. The van der Waals surface area contributed by atoms with E-state index in [1.165, 1.54) is 4.88 Å². The third-order valence-electron chi connectivity index (χ3n) is 2.26. The highest BCUT2D eigenvalue weighted by Gasteiger charge is 2.27. The molecule has 1 aliphatic heterocycles. The number of rotatable bonds is 2. The van der Waals surface area contributed by atoms with Crippen LogP contribution in [0.1, 0.15) is 23.8 Å². The van der Waals surface area contributed by atoms with E-state index in [-0.39, 0.29) is 0 Å². The summed E-state index contributed by atoms with van der Waals surface area (Å²) in [5.74, 6) is 0. The molecule has 0 bridgehead atoms. The first-order valence-electron chi connectivity index (χ1n) is 4.37. The average Bonchev–Trinajstić information content (AvgIpc) is 2.74. The summed E-state index contributed by atoms with van der Waals surface area (Å²) in [5.41, 5.74) is 0. The van der Waals surface area contributed by atoms with Gasteiger partial charge in [-0.25, -0.2) is 0 Å². The maximum absolute atomic E-state index is 5.89. The number of hydrogen-bond donors (Lipinski definition) is 0. The van der Waals surface area contributed by atoms with E-state index in [0.29, 0.717) is 12.2 Å². The molecule has 2 atom stereocenters. The lowest BCUT2D eigenvalue weighted by Gasteiger charge is -2.09. The van der Waals surface area contributed by atoms with Crippen LogP contribution in [0.2, 0.25) is 0 Å². The molecule has 1 aliphatic rings. The summed E-state index contributed by atoms with van der Waals surface area (Å²) in [5, 5.41) is 0.942. The van der Waals surface area contributed by atoms with Crippen LogP contribution in [-0.2, 0) is 4.74 Å². The fourth-order valence-electron chi connectivity index (χ4n) is 1.55. The quantitative estimate of drug-likeness (QED) is 0.638. The molecule has 2 rings (SSSR count). The Morgan fingerprint density at radius 3 is 2.71 bits per heavy atom. The van der Waals surface area contributed by atoms with Gasteiger partial charge < -0.3 is 4.74 Å². The van der Waals surface area contributed by atoms with Gasteiger partial charge in [0.25, 0.3) is 0 Å². The molecule has 14 heavy (non-hydrogen) atoms. The van der Waals surface area contributed by atoms with Gasteiger partial charge in [0.05, 0.1) is 16.0 Å². The van der Waals surface area contributed by atoms with Crippen LogP contribution in [0.4, 0.5) is 0 Å². The average molecular weight is 405 g/mol. The molecule has 2 heterocycles. The Bertz CT molecular complexity index is 306. The third kappa shape index (κ3) is 2.43. The number of alkyl halides is 1. The molecule has 2 unspecified atom stereocenters. The van der Waals surface area contributed by atoms with Crippen molar-refractivity contribution in [3.8, 4) is 0 Å². The van der Waals surface area contributed by atoms with Crippen molar-refractivity contribution < 1.29 is 4.74 Å². The Labute approximate surface area is 113 Å². The second-order valence-corrected chi connectivity index (χ2v) is 7.15. The first kappa shape index (κ1) is 11.6. The Hall–Kier alpha value is 1.10.